The van der Waals surface area contributed by atoms with Crippen LogP contribution in [0.1, 0.15) is 24.1 Å². The molecule has 5 nitrogen and oxygen atoms in total. The molecule has 0 bridgehead atoms. The van der Waals surface area contributed by atoms with E-state index in [9.17, 15) is 4.79 Å². The summed E-state index contributed by atoms with van der Waals surface area (Å²) < 4.78 is 5.80. The van der Waals surface area contributed by atoms with Gasteiger partial charge in [-0.3, -0.25) is 0 Å². The first kappa shape index (κ1) is 16.3. The highest BCUT2D eigenvalue weighted by Crippen LogP contribution is 2.32. The summed E-state index contributed by atoms with van der Waals surface area (Å²) in [5.41, 5.74) is 7.67. The molecule has 3 N–H and O–H groups in total. The van der Waals surface area contributed by atoms with E-state index >= 15 is 0 Å². The topological polar surface area (TPSA) is 78.4 Å². The maximum absolute atomic E-state index is 11.3. The first-order valence-corrected chi connectivity index (χ1v) is 8.15. The Morgan fingerprint density at radius 2 is 1.96 bits per heavy atom. The Balaban J connectivity index is 1.65. The van der Waals surface area contributed by atoms with Crippen molar-refractivity contribution in [2.75, 3.05) is 6.61 Å². The summed E-state index contributed by atoms with van der Waals surface area (Å²) in [5, 5.41) is 7.61. The van der Waals surface area contributed by atoms with E-state index < -0.39 is 6.03 Å². The van der Waals surface area contributed by atoms with Gasteiger partial charge in [0, 0.05) is 6.04 Å². The molecule has 0 aliphatic heterocycles. The summed E-state index contributed by atoms with van der Waals surface area (Å²) in [6, 6.07) is 17.2. The molecule has 125 valence electrons. The van der Waals surface area contributed by atoms with E-state index in [1.165, 1.54) is 11.1 Å². The number of urea groups is 1. The van der Waals surface area contributed by atoms with Crippen molar-refractivity contribution < 1.29 is 9.53 Å². The van der Waals surface area contributed by atoms with Gasteiger partial charge in [-0.25, -0.2) is 10.1 Å². The minimum Gasteiger partial charge on any atom is -0.492 e. The second kappa shape index (κ2) is 7.36. The molecule has 0 spiro atoms. The number of nitrogens with two attached hydrogens (primary N) is 1. The zero-order valence-electron chi connectivity index (χ0n) is 13.7. The van der Waals surface area contributed by atoms with Gasteiger partial charge in [0.15, 0.2) is 0 Å². The lowest BCUT2D eigenvalue weighted by molar-refractivity contribution is 0.232. The molecule has 0 fully saturated rings. The third-order valence-electron chi connectivity index (χ3n) is 4.20. The van der Waals surface area contributed by atoms with E-state index in [1.54, 1.807) is 0 Å². The van der Waals surface area contributed by atoms with Gasteiger partial charge in [0.25, 0.3) is 0 Å². The molecule has 2 aromatic carbocycles. The molecular weight excluding hydrogens is 302 g/mol. The summed E-state index contributed by atoms with van der Waals surface area (Å²) in [6.45, 7) is 2.59. The number of carbonyl (C=O) groups excluding carboxylic acids is 1. The van der Waals surface area contributed by atoms with Crippen LogP contribution in [0.15, 0.2) is 54.6 Å². The van der Waals surface area contributed by atoms with Crippen LogP contribution in [-0.4, -0.2) is 24.7 Å². The lowest BCUT2D eigenvalue weighted by Gasteiger charge is -2.25. The van der Waals surface area contributed by atoms with E-state index in [0.717, 1.165) is 12.2 Å². The zero-order chi connectivity index (χ0) is 16.9. The molecule has 0 saturated heterocycles. The van der Waals surface area contributed by atoms with Crippen molar-refractivity contribution in [1.29, 1.82) is 0 Å². The highest BCUT2D eigenvalue weighted by molar-refractivity contribution is 5.72. The molecular formula is C19H22N3O2. The molecule has 2 aromatic rings. The molecule has 1 aliphatic carbocycles. The molecule has 3 unspecified atom stereocenters. The molecule has 0 saturated carbocycles. The monoisotopic (exact) mass is 324 g/mol. The van der Waals surface area contributed by atoms with Crippen LogP contribution in [0.2, 0.25) is 0 Å². The van der Waals surface area contributed by atoms with Crippen molar-refractivity contribution in [2.45, 2.75) is 31.5 Å². The molecule has 1 aliphatic rings. The van der Waals surface area contributed by atoms with Crippen molar-refractivity contribution >= 4 is 6.03 Å². The van der Waals surface area contributed by atoms with E-state index in [0.29, 0.717) is 6.61 Å². The second-order valence-corrected chi connectivity index (χ2v) is 6.11. The minimum absolute atomic E-state index is 0.0249. The van der Waals surface area contributed by atoms with Crippen LogP contribution in [-0.2, 0) is 6.42 Å². The van der Waals surface area contributed by atoms with E-state index in [4.69, 9.17) is 10.5 Å². The number of rotatable bonds is 6. The Morgan fingerprint density at radius 3 is 2.71 bits per heavy atom. The number of carbonyl (C=O) groups is 1. The molecule has 24 heavy (non-hydrogen) atoms. The first-order chi connectivity index (χ1) is 11.6. The fourth-order valence-corrected chi connectivity index (χ4v) is 3.15. The lowest BCUT2D eigenvalue weighted by atomic mass is 10.1. The van der Waals surface area contributed by atoms with Crippen molar-refractivity contribution in [3.05, 3.63) is 65.7 Å². The third kappa shape index (κ3) is 3.86. The fraction of sp³-hybridized carbons (Fsp3) is 0.316. The number of ether oxygens (including phenoxy) is 1. The number of primary amides is 1. The van der Waals surface area contributed by atoms with Gasteiger partial charge in [-0.1, -0.05) is 42.5 Å². The quantitative estimate of drug-likeness (QED) is 0.856. The van der Waals surface area contributed by atoms with Crippen molar-refractivity contribution in [2.24, 2.45) is 5.73 Å². The number of hydrogen-bond acceptors (Lipinski definition) is 3. The number of benzene rings is 2. The van der Waals surface area contributed by atoms with Crippen LogP contribution < -0.4 is 21.1 Å². The molecule has 2 amide bonds. The normalized spacial score (nSPS) is 20.2. The van der Waals surface area contributed by atoms with Gasteiger partial charge >= 0.3 is 6.03 Å². The number of fused-ring (bicyclic) bond motifs is 1. The van der Waals surface area contributed by atoms with Gasteiger partial charge in [-0.05, 0) is 36.6 Å². The number of para-hydroxylation sites is 1. The Kier molecular flexibility index (Phi) is 5.01. The maximum atomic E-state index is 11.3. The predicted molar refractivity (Wildman–Crippen MR) is 92.9 cm³/mol. The van der Waals surface area contributed by atoms with Crippen LogP contribution >= 0.6 is 0 Å². The van der Waals surface area contributed by atoms with Gasteiger partial charge in [-0.2, -0.15) is 0 Å². The van der Waals surface area contributed by atoms with Crippen LogP contribution in [0, 0.1) is 0 Å². The molecule has 0 aromatic heterocycles. The highest BCUT2D eigenvalue weighted by Gasteiger charge is 2.34. The Bertz CT molecular complexity index is 690. The average molecular weight is 324 g/mol. The number of amides is 2. The Morgan fingerprint density at radius 1 is 1.25 bits per heavy atom. The third-order valence-corrected chi connectivity index (χ3v) is 4.20. The van der Waals surface area contributed by atoms with Crippen LogP contribution in [0.3, 0.4) is 0 Å². The van der Waals surface area contributed by atoms with Gasteiger partial charge in [0.2, 0.25) is 0 Å². The minimum atomic E-state index is -0.618. The summed E-state index contributed by atoms with van der Waals surface area (Å²) in [5.74, 6) is 0.844. The van der Waals surface area contributed by atoms with Gasteiger partial charge in [0.1, 0.15) is 12.4 Å². The molecule has 3 rings (SSSR count). The molecule has 5 heteroatoms. The second-order valence-electron chi connectivity index (χ2n) is 6.11. The summed E-state index contributed by atoms with van der Waals surface area (Å²) in [7, 11) is 0. The van der Waals surface area contributed by atoms with Gasteiger partial charge in [-0.15, -0.1) is 0 Å². The summed E-state index contributed by atoms with van der Waals surface area (Å²) in [4.78, 5) is 11.3. The fourth-order valence-electron chi connectivity index (χ4n) is 3.15. The number of nitrogens with zero attached hydrogens (tertiary/aromatic N) is 1. The van der Waals surface area contributed by atoms with Crippen molar-refractivity contribution in [3.8, 4) is 5.75 Å². The highest BCUT2D eigenvalue weighted by atomic mass is 16.5. The van der Waals surface area contributed by atoms with Gasteiger partial charge in [0.05, 0.1) is 12.1 Å². The Labute approximate surface area is 142 Å². The van der Waals surface area contributed by atoms with Crippen LogP contribution in [0.25, 0.3) is 0 Å². The smallest absolute Gasteiger partial charge is 0.334 e. The van der Waals surface area contributed by atoms with E-state index in [-0.39, 0.29) is 18.1 Å². The average Bonchev–Trinajstić information content (AvgIpc) is 2.91. The van der Waals surface area contributed by atoms with E-state index in [2.05, 4.69) is 29.7 Å². The van der Waals surface area contributed by atoms with Crippen LogP contribution in [0.4, 0.5) is 4.79 Å². The van der Waals surface area contributed by atoms with Crippen molar-refractivity contribution in [1.82, 2.24) is 10.6 Å². The summed E-state index contributed by atoms with van der Waals surface area (Å²) in [6.07, 6.45) is 0.725. The first-order valence-electron chi connectivity index (χ1n) is 8.15. The van der Waals surface area contributed by atoms with E-state index in [1.807, 2.05) is 42.5 Å². The summed E-state index contributed by atoms with van der Waals surface area (Å²) >= 11 is 0. The largest absolute Gasteiger partial charge is 0.492 e. The lowest BCUT2D eigenvalue weighted by Crippen LogP contribution is -2.44. The molecule has 0 heterocycles. The zero-order valence-corrected chi connectivity index (χ0v) is 13.7. The van der Waals surface area contributed by atoms with Gasteiger partial charge < -0.3 is 15.8 Å². The SMILES string of the molecule is CC(COc1ccccc1)NC1c2ccccc2CC1[N]C(N)=O. The predicted octanol–water partition coefficient (Wildman–Crippen LogP) is 2.39. The number of hydrogen-bond donors (Lipinski definition) is 2. The Hall–Kier alpha value is -2.53. The molecule has 3 atom stereocenters. The van der Waals surface area contributed by atoms with Crippen LogP contribution in [0.5, 0.6) is 5.75 Å². The maximum Gasteiger partial charge on any atom is 0.334 e. The molecule has 1 radical (unpaired) electrons. The standard InChI is InChI=1S/C19H22N3O2/c1-13(12-24-15-8-3-2-4-9-15)21-18-16-10-6-5-7-14(16)11-17(18)22-19(20)23/h2-10,13,17-18,21H,11-12H2,1H3,(H2,20,23). The van der Waals surface area contributed by atoms with Crippen molar-refractivity contribution in [3.63, 3.8) is 0 Å². The number of nitrogens with one attached hydrogen (secondary N) is 1.